The minimum Gasteiger partial charge on any atom is -0.481 e. The van der Waals surface area contributed by atoms with Gasteiger partial charge in [0.1, 0.15) is 0 Å². The molecule has 1 saturated heterocycles. The predicted octanol–water partition coefficient (Wildman–Crippen LogP) is 2.20. The predicted molar refractivity (Wildman–Crippen MR) is 109 cm³/mol. The van der Waals surface area contributed by atoms with E-state index in [1.165, 1.54) is 10.3 Å². The first kappa shape index (κ1) is 18.0. The highest BCUT2D eigenvalue weighted by Gasteiger charge is 2.22. The second-order valence-electron chi connectivity index (χ2n) is 6.84. The molecule has 144 valence electrons. The van der Waals surface area contributed by atoms with E-state index in [1.54, 1.807) is 12.1 Å². The van der Waals surface area contributed by atoms with Gasteiger partial charge < -0.3 is 14.9 Å². The maximum atomic E-state index is 13.0. The van der Waals surface area contributed by atoms with Crippen LogP contribution in [0.1, 0.15) is 6.42 Å². The zero-order valence-corrected chi connectivity index (χ0v) is 15.5. The lowest BCUT2D eigenvalue weighted by Gasteiger charge is -2.37. The summed E-state index contributed by atoms with van der Waals surface area (Å²) in [5.41, 5.74) is 1.63. The smallest absolute Gasteiger partial charge is 0.305 e. The first-order valence-electron chi connectivity index (χ1n) is 9.40. The van der Waals surface area contributed by atoms with E-state index in [4.69, 9.17) is 10.1 Å². The Morgan fingerprint density at radius 3 is 2.29 bits per heavy atom. The summed E-state index contributed by atoms with van der Waals surface area (Å²) in [6.07, 6.45) is -0.114. The van der Waals surface area contributed by atoms with Gasteiger partial charge in [0.2, 0.25) is 5.95 Å². The van der Waals surface area contributed by atoms with Crippen LogP contribution in [-0.4, -0.2) is 46.8 Å². The molecule has 2 heterocycles. The number of rotatable bonds is 5. The molecule has 0 atom stereocenters. The van der Waals surface area contributed by atoms with Gasteiger partial charge >= 0.3 is 5.97 Å². The fraction of sp³-hybridized carbons (Fsp3) is 0.286. The molecule has 0 radical (unpaired) electrons. The van der Waals surface area contributed by atoms with Crippen molar-refractivity contribution in [2.45, 2.75) is 13.0 Å². The molecule has 1 aliphatic heterocycles. The SMILES string of the molecule is O=C(O)CCn1c(N2CCN(c3ccccc3)CC2)nc2ccccc2c1=O. The number of benzene rings is 2. The minimum absolute atomic E-state index is 0.111. The van der Waals surface area contributed by atoms with Crippen LogP contribution in [0.25, 0.3) is 10.9 Å². The van der Waals surface area contributed by atoms with E-state index in [0.29, 0.717) is 29.9 Å². The largest absolute Gasteiger partial charge is 0.481 e. The molecule has 0 bridgehead atoms. The van der Waals surface area contributed by atoms with Crippen LogP contribution in [0.3, 0.4) is 0 Å². The van der Waals surface area contributed by atoms with Crippen molar-refractivity contribution >= 4 is 28.5 Å². The van der Waals surface area contributed by atoms with Gasteiger partial charge in [0.15, 0.2) is 0 Å². The summed E-state index contributed by atoms with van der Waals surface area (Å²) in [7, 11) is 0. The van der Waals surface area contributed by atoms with Gasteiger partial charge in [0.25, 0.3) is 5.56 Å². The molecule has 28 heavy (non-hydrogen) atoms. The Morgan fingerprint density at radius 2 is 1.57 bits per heavy atom. The minimum atomic E-state index is -0.931. The average molecular weight is 378 g/mol. The van der Waals surface area contributed by atoms with Crippen molar-refractivity contribution in [3.63, 3.8) is 0 Å². The highest BCUT2D eigenvalue weighted by molar-refractivity contribution is 5.78. The van der Waals surface area contributed by atoms with Crippen molar-refractivity contribution in [3.8, 4) is 0 Å². The molecule has 0 unspecified atom stereocenters. The molecule has 2 aromatic carbocycles. The standard InChI is InChI=1S/C21H22N4O3/c26-19(27)10-11-25-20(28)17-8-4-5-9-18(17)22-21(25)24-14-12-23(13-15-24)16-6-2-1-3-7-16/h1-9H,10-15H2,(H,26,27). The number of aromatic nitrogens is 2. The Labute approximate surface area is 162 Å². The Balaban J connectivity index is 1.65. The quantitative estimate of drug-likeness (QED) is 0.733. The van der Waals surface area contributed by atoms with E-state index < -0.39 is 5.97 Å². The van der Waals surface area contributed by atoms with Crippen molar-refractivity contribution in [1.82, 2.24) is 9.55 Å². The van der Waals surface area contributed by atoms with Crippen molar-refractivity contribution in [2.75, 3.05) is 36.0 Å². The number of piperazine rings is 1. The van der Waals surface area contributed by atoms with Gasteiger partial charge in [-0.3, -0.25) is 14.2 Å². The maximum Gasteiger partial charge on any atom is 0.305 e. The first-order valence-corrected chi connectivity index (χ1v) is 9.40. The molecule has 0 amide bonds. The van der Waals surface area contributed by atoms with Crippen LogP contribution in [0, 0.1) is 0 Å². The number of carboxylic acid groups (broad SMARTS) is 1. The second-order valence-corrected chi connectivity index (χ2v) is 6.84. The summed E-state index contributed by atoms with van der Waals surface area (Å²) in [4.78, 5) is 33.2. The number of hydrogen-bond donors (Lipinski definition) is 1. The molecule has 0 saturated carbocycles. The second kappa shape index (κ2) is 7.72. The topological polar surface area (TPSA) is 78.7 Å². The Hall–Kier alpha value is -3.35. The van der Waals surface area contributed by atoms with Gasteiger partial charge in [0, 0.05) is 38.4 Å². The van der Waals surface area contributed by atoms with Gasteiger partial charge in [-0.05, 0) is 24.3 Å². The highest BCUT2D eigenvalue weighted by atomic mass is 16.4. The average Bonchev–Trinajstić information content (AvgIpc) is 2.73. The van der Waals surface area contributed by atoms with Crippen LogP contribution < -0.4 is 15.4 Å². The fourth-order valence-electron chi connectivity index (χ4n) is 3.61. The van der Waals surface area contributed by atoms with E-state index in [9.17, 15) is 9.59 Å². The highest BCUT2D eigenvalue weighted by Crippen LogP contribution is 2.20. The first-order chi connectivity index (χ1) is 13.6. The Kier molecular flexibility index (Phi) is 4.97. The zero-order valence-electron chi connectivity index (χ0n) is 15.5. The number of nitrogens with zero attached hydrogens (tertiary/aromatic N) is 4. The lowest BCUT2D eigenvalue weighted by atomic mass is 10.2. The molecule has 4 rings (SSSR count). The van der Waals surface area contributed by atoms with Crippen LogP contribution >= 0.6 is 0 Å². The third-order valence-corrected chi connectivity index (χ3v) is 5.07. The van der Waals surface area contributed by atoms with Gasteiger partial charge in [-0.2, -0.15) is 0 Å². The molecule has 1 N–H and O–H groups in total. The van der Waals surface area contributed by atoms with Gasteiger partial charge in [-0.15, -0.1) is 0 Å². The summed E-state index contributed by atoms with van der Waals surface area (Å²) in [6, 6.07) is 17.4. The van der Waals surface area contributed by atoms with Crippen molar-refractivity contribution in [2.24, 2.45) is 0 Å². The van der Waals surface area contributed by atoms with Gasteiger partial charge in [-0.1, -0.05) is 30.3 Å². The van der Waals surface area contributed by atoms with Gasteiger partial charge in [0.05, 0.1) is 17.3 Å². The summed E-state index contributed by atoms with van der Waals surface area (Å²) >= 11 is 0. The van der Waals surface area contributed by atoms with Crippen LogP contribution in [0.2, 0.25) is 0 Å². The normalized spacial score (nSPS) is 14.4. The lowest BCUT2D eigenvalue weighted by molar-refractivity contribution is -0.137. The van der Waals surface area contributed by atoms with Gasteiger partial charge in [-0.25, -0.2) is 4.98 Å². The van der Waals surface area contributed by atoms with Crippen molar-refractivity contribution in [3.05, 3.63) is 65.0 Å². The molecule has 0 aliphatic carbocycles. The van der Waals surface area contributed by atoms with E-state index >= 15 is 0 Å². The van der Waals surface area contributed by atoms with E-state index in [1.807, 2.05) is 30.3 Å². The molecule has 1 aromatic heterocycles. The van der Waals surface area contributed by atoms with Crippen LogP contribution in [0.15, 0.2) is 59.4 Å². The molecule has 1 fully saturated rings. The summed E-state index contributed by atoms with van der Waals surface area (Å²) < 4.78 is 1.51. The number of anilines is 2. The Bertz CT molecular complexity index is 1040. The molecule has 1 aliphatic rings. The van der Waals surface area contributed by atoms with E-state index in [2.05, 4.69) is 21.9 Å². The number of fused-ring (bicyclic) bond motifs is 1. The number of carboxylic acids is 1. The third kappa shape index (κ3) is 3.55. The molecular formula is C21H22N4O3. The van der Waals surface area contributed by atoms with Crippen LogP contribution in [0.5, 0.6) is 0 Å². The fourth-order valence-corrected chi connectivity index (χ4v) is 3.61. The number of aliphatic carboxylic acids is 1. The molecule has 7 nitrogen and oxygen atoms in total. The number of carbonyl (C=O) groups is 1. The molecule has 3 aromatic rings. The third-order valence-electron chi connectivity index (χ3n) is 5.07. The Morgan fingerprint density at radius 1 is 0.929 bits per heavy atom. The van der Waals surface area contributed by atoms with Crippen molar-refractivity contribution in [1.29, 1.82) is 0 Å². The zero-order chi connectivity index (χ0) is 19.5. The van der Waals surface area contributed by atoms with E-state index in [0.717, 1.165) is 13.1 Å². The molecule has 0 spiro atoms. The van der Waals surface area contributed by atoms with Crippen LogP contribution in [0.4, 0.5) is 11.6 Å². The molecule has 7 heteroatoms. The molecular weight excluding hydrogens is 356 g/mol. The lowest BCUT2D eigenvalue weighted by Crippen LogP contribution is -2.48. The number of para-hydroxylation sites is 2. The summed E-state index contributed by atoms with van der Waals surface area (Å²) in [5.74, 6) is -0.377. The maximum absolute atomic E-state index is 13.0. The summed E-state index contributed by atoms with van der Waals surface area (Å²) in [6.45, 7) is 3.16. The summed E-state index contributed by atoms with van der Waals surface area (Å²) in [5, 5.41) is 9.60. The van der Waals surface area contributed by atoms with Crippen molar-refractivity contribution < 1.29 is 9.90 Å². The van der Waals surface area contributed by atoms with Crippen LogP contribution in [-0.2, 0) is 11.3 Å². The number of hydrogen-bond acceptors (Lipinski definition) is 5. The van der Waals surface area contributed by atoms with E-state index in [-0.39, 0.29) is 18.5 Å². The monoisotopic (exact) mass is 378 g/mol.